The van der Waals surface area contributed by atoms with E-state index in [1.807, 2.05) is 11.0 Å². The van der Waals surface area contributed by atoms with E-state index in [2.05, 4.69) is 5.32 Å². The van der Waals surface area contributed by atoms with Crippen molar-refractivity contribution in [3.63, 3.8) is 0 Å². The van der Waals surface area contributed by atoms with E-state index in [1.165, 1.54) is 0 Å². The molecule has 1 aliphatic heterocycles. The summed E-state index contributed by atoms with van der Waals surface area (Å²) in [4.78, 5) is 26.3. The van der Waals surface area contributed by atoms with Crippen LogP contribution in [0.5, 0.6) is 0 Å². The number of carbonyl (C=O) groups is 2. The first-order chi connectivity index (χ1) is 13.4. The highest BCUT2D eigenvalue weighted by molar-refractivity contribution is 7.91. The molecule has 0 bridgehead atoms. The molecule has 1 heterocycles. The third kappa shape index (κ3) is 5.66. The topological polar surface area (TPSA) is 83.5 Å². The van der Waals surface area contributed by atoms with Gasteiger partial charge in [0.1, 0.15) is 5.75 Å². The Balaban J connectivity index is 1.57. The molecular weight excluding hydrogens is 376 g/mol. The number of nitrogens with zero attached hydrogens (tertiary/aromatic N) is 1. The van der Waals surface area contributed by atoms with Crippen LogP contribution < -0.4 is 5.32 Å². The average molecular weight is 401 g/mol. The van der Waals surface area contributed by atoms with Gasteiger partial charge in [-0.25, -0.2) is 8.42 Å². The smallest absolute Gasteiger partial charge is 0.253 e. The predicted octanol–water partition coefficient (Wildman–Crippen LogP) is 2.87. The number of carbonyl (C=O) groups excluding carboxylic acids is 2. The van der Waals surface area contributed by atoms with Crippen molar-refractivity contribution in [1.82, 2.24) is 4.90 Å². The van der Waals surface area contributed by atoms with E-state index in [9.17, 15) is 18.0 Å². The molecule has 0 spiro atoms. The number of likely N-dealkylation sites (tertiary alicyclic amines) is 1. The van der Waals surface area contributed by atoms with Crippen molar-refractivity contribution in [2.45, 2.75) is 25.0 Å². The van der Waals surface area contributed by atoms with Gasteiger partial charge in [0, 0.05) is 24.3 Å². The highest BCUT2D eigenvalue weighted by Crippen LogP contribution is 2.15. The maximum absolute atomic E-state index is 12.5. The Morgan fingerprint density at radius 3 is 2.18 bits per heavy atom. The van der Waals surface area contributed by atoms with Gasteiger partial charge in [-0.2, -0.15) is 0 Å². The predicted molar refractivity (Wildman–Crippen MR) is 109 cm³/mol. The second kappa shape index (κ2) is 9.01. The van der Waals surface area contributed by atoms with Gasteiger partial charge in [0.15, 0.2) is 9.84 Å². The minimum Gasteiger partial charge on any atom is -0.339 e. The van der Waals surface area contributed by atoms with Crippen LogP contribution in [0.4, 0.5) is 5.69 Å². The third-order valence-electron chi connectivity index (χ3n) is 4.64. The Labute approximate surface area is 165 Å². The van der Waals surface area contributed by atoms with Crippen molar-refractivity contribution in [3.8, 4) is 0 Å². The lowest BCUT2D eigenvalue weighted by molar-refractivity contribution is -0.113. The van der Waals surface area contributed by atoms with Crippen LogP contribution in [0.3, 0.4) is 0 Å². The molecule has 2 aromatic carbocycles. The summed E-state index contributed by atoms with van der Waals surface area (Å²) in [5, 5.41) is 2.58. The van der Waals surface area contributed by atoms with Crippen LogP contribution in [0.15, 0.2) is 54.6 Å². The Morgan fingerprint density at radius 2 is 1.54 bits per heavy atom. The van der Waals surface area contributed by atoms with Crippen molar-refractivity contribution >= 4 is 27.3 Å². The molecule has 1 saturated heterocycles. The summed E-state index contributed by atoms with van der Waals surface area (Å²) in [5.74, 6) is -1.41. The molecule has 7 heteroatoms. The summed E-state index contributed by atoms with van der Waals surface area (Å²) in [6.07, 6.45) is 3.19. The molecule has 0 aromatic heterocycles. The van der Waals surface area contributed by atoms with Crippen molar-refractivity contribution in [1.29, 1.82) is 0 Å². The molecule has 0 radical (unpaired) electrons. The van der Waals surface area contributed by atoms with E-state index in [4.69, 9.17) is 0 Å². The summed E-state index contributed by atoms with van der Waals surface area (Å²) >= 11 is 0. The van der Waals surface area contributed by atoms with Crippen LogP contribution in [0.25, 0.3) is 0 Å². The Bertz CT molecular complexity index is 919. The minimum atomic E-state index is -3.61. The summed E-state index contributed by atoms with van der Waals surface area (Å²) in [6.45, 7) is 1.54. The maximum Gasteiger partial charge on any atom is 0.253 e. The molecule has 0 aliphatic carbocycles. The zero-order chi connectivity index (χ0) is 20.0. The minimum absolute atomic E-state index is 0.0173. The first kappa shape index (κ1) is 20.1. The molecule has 2 amide bonds. The molecule has 0 unspecified atom stereocenters. The number of hydrogen-bond donors (Lipinski definition) is 1. The largest absolute Gasteiger partial charge is 0.339 e. The van der Waals surface area contributed by atoms with Crippen LogP contribution in [-0.4, -0.2) is 44.0 Å². The van der Waals surface area contributed by atoms with Crippen molar-refractivity contribution in [3.05, 3.63) is 65.7 Å². The third-order valence-corrected chi connectivity index (χ3v) is 6.11. The number of benzene rings is 2. The van der Waals surface area contributed by atoms with Crippen molar-refractivity contribution in [2.75, 3.05) is 24.2 Å². The molecule has 3 rings (SSSR count). The molecule has 1 aliphatic rings. The van der Waals surface area contributed by atoms with Gasteiger partial charge in [-0.15, -0.1) is 0 Å². The number of para-hydroxylation sites is 1. The van der Waals surface area contributed by atoms with Crippen molar-refractivity contribution in [2.24, 2.45) is 0 Å². The molecule has 1 fully saturated rings. The van der Waals surface area contributed by atoms with E-state index < -0.39 is 21.5 Å². The molecule has 148 valence electrons. The number of sulfone groups is 1. The number of nitrogens with one attached hydrogen (secondary N) is 1. The molecule has 28 heavy (non-hydrogen) atoms. The lowest BCUT2D eigenvalue weighted by Crippen LogP contribution is -2.35. The summed E-state index contributed by atoms with van der Waals surface area (Å²) < 4.78 is 24.7. The molecule has 2 aromatic rings. The number of anilines is 1. The van der Waals surface area contributed by atoms with Crippen LogP contribution in [-0.2, 0) is 20.4 Å². The zero-order valence-corrected chi connectivity index (χ0v) is 16.5. The molecule has 0 saturated carbocycles. The first-order valence-electron chi connectivity index (χ1n) is 9.36. The highest BCUT2D eigenvalue weighted by atomic mass is 32.2. The van der Waals surface area contributed by atoms with E-state index >= 15 is 0 Å². The second-order valence-electron chi connectivity index (χ2n) is 7.00. The lowest BCUT2D eigenvalue weighted by Gasteiger charge is -2.26. The fourth-order valence-electron chi connectivity index (χ4n) is 3.25. The van der Waals surface area contributed by atoms with Gasteiger partial charge in [-0.1, -0.05) is 30.3 Å². The van der Waals surface area contributed by atoms with Gasteiger partial charge in [0.2, 0.25) is 5.91 Å². The Hall–Kier alpha value is -2.67. The van der Waals surface area contributed by atoms with Gasteiger partial charge >= 0.3 is 0 Å². The van der Waals surface area contributed by atoms with E-state index in [-0.39, 0.29) is 11.7 Å². The fourth-order valence-corrected chi connectivity index (χ4v) is 4.52. The number of amides is 2. The zero-order valence-electron chi connectivity index (χ0n) is 15.6. The van der Waals surface area contributed by atoms with Crippen LogP contribution >= 0.6 is 0 Å². The average Bonchev–Trinajstić information content (AvgIpc) is 2.68. The van der Waals surface area contributed by atoms with Gasteiger partial charge in [0.25, 0.3) is 5.91 Å². The highest BCUT2D eigenvalue weighted by Gasteiger charge is 2.20. The van der Waals surface area contributed by atoms with Gasteiger partial charge < -0.3 is 10.2 Å². The molecule has 6 nitrogen and oxygen atoms in total. The van der Waals surface area contributed by atoms with Gasteiger partial charge in [0.05, 0.1) is 5.75 Å². The van der Waals surface area contributed by atoms with Crippen LogP contribution in [0.1, 0.15) is 35.2 Å². The van der Waals surface area contributed by atoms with E-state index in [1.54, 1.807) is 48.5 Å². The standard InChI is InChI=1S/C21H24N2O4S/c24-20(22-19-7-3-1-4-8-19)16-28(26,27)15-17-9-11-18(12-10-17)21(25)23-13-5-2-6-14-23/h1,3-4,7-12H,2,5-6,13-16H2,(H,22,24). The quantitative estimate of drug-likeness (QED) is 0.808. The molecule has 0 atom stereocenters. The number of hydrogen-bond acceptors (Lipinski definition) is 4. The Morgan fingerprint density at radius 1 is 0.893 bits per heavy atom. The summed E-state index contributed by atoms with van der Waals surface area (Å²) in [5.41, 5.74) is 1.68. The first-order valence-corrected chi connectivity index (χ1v) is 11.2. The van der Waals surface area contributed by atoms with Crippen LogP contribution in [0, 0.1) is 0 Å². The SMILES string of the molecule is O=C(CS(=O)(=O)Cc1ccc(C(=O)N2CCCCC2)cc1)Nc1ccccc1. The Kier molecular flexibility index (Phi) is 6.46. The lowest BCUT2D eigenvalue weighted by atomic mass is 10.1. The molecule has 1 N–H and O–H groups in total. The number of piperidine rings is 1. The summed E-state index contributed by atoms with van der Waals surface area (Å²) in [7, 11) is -3.61. The normalized spacial score (nSPS) is 14.5. The second-order valence-corrected chi connectivity index (χ2v) is 9.06. The van der Waals surface area contributed by atoms with E-state index in [0.29, 0.717) is 16.8 Å². The van der Waals surface area contributed by atoms with Crippen LogP contribution in [0.2, 0.25) is 0 Å². The van der Waals surface area contributed by atoms with Gasteiger partial charge in [-0.3, -0.25) is 9.59 Å². The fraction of sp³-hybridized carbons (Fsp3) is 0.333. The van der Waals surface area contributed by atoms with Gasteiger partial charge in [-0.05, 0) is 49.1 Å². The van der Waals surface area contributed by atoms with Crippen molar-refractivity contribution < 1.29 is 18.0 Å². The molecular formula is C21H24N2O4S. The van der Waals surface area contributed by atoms with E-state index in [0.717, 1.165) is 32.4 Å². The maximum atomic E-state index is 12.5. The monoisotopic (exact) mass is 400 g/mol. The number of rotatable bonds is 6. The summed E-state index contributed by atoms with van der Waals surface area (Å²) in [6, 6.07) is 15.3.